The van der Waals surface area contributed by atoms with Crippen molar-refractivity contribution in [2.45, 2.75) is 12.3 Å². The van der Waals surface area contributed by atoms with E-state index in [9.17, 15) is 0 Å². The molecule has 0 saturated carbocycles. The summed E-state index contributed by atoms with van der Waals surface area (Å²) < 4.78 is 6.16. The molecule has 6 aromatic carbocycles. The summed E-state index contributed by atoms with van der Waals surface area (Å²) in [5.41, 5.74) is 5.63. The number of aliphatic imine (C=N–C) groups is 1. The van der Waals surface area contributed by atoms with Crippen LogP contribution in [-0.4, -0.2) is 10.8 Å². The average molecular weight is 555 g/mol. The van der Waals surface area contributed by atoms with Crippen LogP contribution in [0, 0.1) is 0 Å². The Morgan fingerprint density at radius 3 is 2.30 bits per heavy atom. The van der Waals surface area contributed by atoms with Gasteiger partial charge in [0.15, 0.2) is 5.58 Å². The van der Waals surface area contributed by atoms with E-state index in [0.29, 0.717) is 0 Å². The summed E-state index contributed by atoms with van der Waals surface area (Å²) in [4.78, 5) is 9.95. The maximum atomic E-state index is 6.16. The fourth-order valence-electron chi connectivity index (χ4n) is 6.54. The number of benzene rings is 6. The molecule has 2 N–H and O–H groups in total. The minimum Gasteiger partial charge on any atom is -0.454 e. The highest BCUT2D eigenvalue weighted by molar-refractivity contribution is 6.20. The van der Waals surface area contributed by atoms with E-state index in [1.807, 2.05) is 36.5 Å². The van der Waals surface area contributed by atoms with Crippen LogP contribution in [0.15, 0.2) is 143 Å². The van der Waals surface area contributed by atoms with Crippen LogP contribution >= 0.6 is 0 Å². The molecular weight excluding hydrogens is 528 g/mol. The van der Waals surface area contributed by atoms with Gasteiger partial charge >= 0.3 is 0 Å². The Balaban J connectivity index is 1.22. The number of nitrogens with one attached hydrogen (secondary N) is 2. The predicted octanol–water partition coefficient (Wildman–Crippen LogP) is 8.78. The number of rotatable bonds is 3. The maximum Gasteiger partial charge on any atom is 0.153 e. The van der Waals surface area contributed by atoms with E-state index >= 15 is 0 Å². The van der Waals surface area contributed by atoms with Gasteiger partial charge in [0.25, 0.3) is 0 Å². The lowest BCUT2D eigenvalue weighted by molar-refractivity contribution is 0.409. The quantitative estimate of drug-likeness (QED) is 0.214. The van der Waals surface area contributed by atoms with Crippen LogP contribution in [0.2, 0.25) is 0 Å². The van der Waals surface area contributed by atoms with Gasteiger partial charge in [0.1, 0.15) is 29.3 Å². The first-order valence-electron chi connectivity index (χ1n) is 14.6. The Morgan fingerprint density at radius 2 is 1.37 bits per heavy atom. The van der Waals surface area contributed by atoms with Crippen molar-refractivity contribution >= 4 is 60.2 Å². The topological polar surface area (TPSA) is 62.5 Å². The van der Waals surface area contributed by atoms with Crippen LogP contribution < -0.4 is 10.6 Å². The molecule has 0 saturated heterocycles. The van der Waals surface area contributed by atoms with Crippen molar-refractivity contribution in [3.05, 3.63) is 150 Å². The van der Waals surface area contributed by atoms with Gasteiger partial charge in [-0.3, -0.25) is 10.3 Å². The van der Waals surface area contributed by atoms with E-state index in [2.05, 4.69) is 113 Å². The maximum absolute atomic E-state index is 6.16. The molecular formula is C38H26N4O. The number of furan rings is 1. The number of fused-ring (bicyclic) bond motifs is 8. The van der Waals surface area contributed by atoms with E-state index in [1.54, 1.807) is 0 Å². The summed E-state index contributed by atoms with van der Waals surface area (Å²) in [6.45, 7) is 0. The van der Waals surface area contributed by atoms with Gasteiger partial charge in [0.05, 0.1) is 5.39 Å². The van der Waals surface area contributed by atoms with Crippen LogP contribution in [0.25, 0.3) is 54.4 Å². The summed E-state index contributed by atoms with van der Waals surface area (Å²) in [5.74, 6) is 0.807. The molecule has 0 amide bonds. The summed E-state index contributed by atoms with van der Waals surface area (Å²) in [7, 11) is 0. The third-order valence-corrected chi connectivity index (χ3v) is 8.57. The number of pyridine rings is 1. The van der Waals surface area contributed by atoms with E-state index in [4.69, 9.17) is 9.41 Å². The van der Waals surface area contributed by atoms with Crippen molar-refractivity contribution in [2.75, 3.05) is 0 Å². The molecule has 5 nitrogen and oxygen atoms in total. The lowest BCUT2D eigenvalue weighted by Gasteiger charge is -2.32. The van der Waals surface area contributed by atoms with Crippen LogP contribution in [0.1, 0.15) is 29.0 Å². The lowest BCUT2D eigenvalue weighted by Crippen LogP contribution is -2.45. The fourth-order valence-corrected chi connectivity index (χ4v) is 6.54. The van der Waals surface area contributed by atoms with E-state index in [0.717, 1.165) is 44.6 Å². The number of amidine groups is 1. The van der Waals surface area contributed by atoms with Crippen molar-refractivity contribution < 1.29 is 4.42 Å². The van der Waals surface area contributed by atoms with Gasteiger partial charge in [-0.1, -0.05) is 103 Å². The molecule has 2 unspecified atom stereocenters. The van der Waals surface area contributed by atoms with Gasteiger partial charge in [0.2, 0.25) is 0 Å². The molecule has 9 rings (SSSR count). The van der Waals surface area contributed by atoms with Gasteiger partial charge in [0, 0.05) is 11.8 Å². The van der Waals surface area contributed by atoms with Crippen molar-refractivity contribution in [1.29, 1.82) is 0 Å². The monoisotopic (exact) mass is 554 g/mol. The molecule has 0 bridgehead atoms. The molecule has 204 valence electrons. The molecule has 2 atom stereocenters. The molecule has 1 aliphatic heterocycles. The highest BCUT2D eigenvalue weighted by Crippen LogP contribution is 2.36. The molecule has 0 radical (unpaired) electrons. The Bertz CT molecular complexity index is 2370. The molecule has 43 heavy (non-hydrogen) atoms. The van der Waals surface area contributed by atoms with Crippen molar-refractivity contribution in [3.8, 4) is 0 Å². The van der Waals surface area contributed by atoms with E-state index < -0.39 is 0 Å². The highest BCUT2D eigenvalue weighted by Gasteiger charge is 2.27. The first-order chi connectivity index (χ1) is 21.3. The van der Waals surface area contributed by atoms with Gasteiger partial charge in [-0.2, -0.15) is 0 Å². The standard InChI is InChI=1S/C38H26N4O/c1-2-9-25(10-3-1)36-40-37(42-38(41-36)30-12-6-13-31-34(30)35-32(43-31)14-7-21-39-35)27-19-20-29-26(22-27)18-17-24-16-15-23-8-4-5-11-28(23)33(24)29/h1-22,36-37,40H,(H,41,42). The SMILES string of the molecule is c1ccc(C2NC(c3cccc4oc5cccnc5c34)=NC(c3ccc4c(ccc5ccc6ccccc6c54)c3)N2)cc1. The molecule has 0 fully saturated rings. The van der Waals surface area contributed by atoms with Crippen LogP contribution in [0.5, 0.6) is 0 Å². The van der Waals surface area contributed by atoms with Crippen LogP contribution in [0.4, 0.5) is 0 Å². The third-order valence-electron chi connectivity index (χ3n) is 8.57. The average Bonchev–Trinajstić information content (AvgIpc) is 3.47. The summed E-state index contributed by atoms with van der Waals surface area (Å²) in [5, 5.41) is 15.9. The first kappa shape index (κ1) is 24.1. The molecule has 3 heterocycles. The Kier molecular flexibility index (Phi) is 5.33. The second kappa shape index (κ2) is 9.51. The van der Waals surface area contributed by atoms with Crippen LogP contribution in [-0.2, 0) is 0 Å². The zero-order valence-electron chi connectivity index (χ0n) is 23.2. The molecule has 2 aromatic heterocycles. The Labute approximate surface area is 247 Å². The lowest BCUT2D eigenvalue weighted by atomic mass is 9.95. The molecule has 5 heteroatoms. The van der Waals surface area contributed by atoms with Gasteiger partial charge in [-0.25, -0.2) is 4.99 Å². The van der Waals surface area contributed by atoms with Gasteiger partial charge < -0.3 is 9.73 Å². The van der Waals surface area contributed by atoms with Gasteiger partial charge in [-0.05, 0) is 67.7 Å². The van der Waals surface area contributed by atoms with Crippen molar-refractivity contribution in [2.24, 2.45) is 4.99 Å². The number of hydrogen-bond donors (Lipinski definition) is 2. The molecule has 8 aromatic rings. The molecule has 0 spiro atoms. The first-order valence-corrected chi connectivity index (χ1v) is 14.6. The minimum atomic E-state index is -0.268. The second-order valence-electron chi connectivity index (χ2n) is 11.1. The van der Waals surface area contributed by atoms with Crippen molar-refractivity contribution in [1.82, 2.24) is 15.6 Å². The normalized spacial score (nSPS) is 17.1. The smallest absolute Gasteiger partial charge is 0.153 e. The Hall–Kier alpha value is -5.52. The minimum absolute atomic E-state index is 0.142. The summed E-state index contributed by atoms with van der Waals surface area (Å²) >= 11 is 0. The highest BCUT2D eigenvalue weighted by atomic mass is 16.3. The predicted molar refractivity (Wildman–Crippen MR) is 175 cm³/mol. The zero-order valence-corrected chi connectivity index (χ0v) is 23.2. The second-order valence-corrected chi connectivity index (χ2v) is 11.1. The van der Waals surface area contributed by atoms with Gasteiger partial charge in [-0.15, -0.1) is 0 Å². The largest absolute Gasteiger partial charge is 0.454 e. The number of hydrogen-bond acceptors (Lipinski definition) is 5. The van der Waals surface area contributed by atoms with E-state index in [-0.39, 0.29) is 12.3 Å². The molecule has 1 aliphatic rings. The zero-order chi connectivity index (χ0) is 28.3. The van der Waals surface area contributed by atoms with Crippen molar-refractivity contribution in [3.63, 3.8) is 0 Å². The number of aromatic nitrogens is 1. The summed E-state index contributed by atoms with van der Waals surface area (Å²) in [6.07, 6.45) is 1.40. The number of nitrogens with zero attached hydrogens (tertiary/aromatic N) is 2. The van der Waals surface area contributed by atoms with Crippen LogP contribution in [0.3, 0.4) is 0 Å². The third kappa shape index (κ3) is 3.90. The Morgan fingerprint density at radius 1 is 0.581 bits per heavy atom. The fraction of sp³-hybridized carbons (Fsp3) is 0.0526. The molecule has 0 aliphatic carbocycles. The van der Waals surface area contributed by atoms with E-state index in [1.165, 1.54) is 32.3 Å². The summed E-state index contributed by atoms with van der Waals surface area (Å²) in [6, 6.07) is 44.6.